The molecule has 3 aromatic heterocycles. The maximum Gasteiger partial charge on any atom is 0.408 e. The summed E-state index contributed by atoms with van der Waals surface area (Å²) in [6.45, 7) is -0.0248. The molecule has 31 heavy (non-hydrogen) atoms. The molecular formula is C19H19ClFN7O3. The maximum absolute atomic E-state index is 15.0. The third-order valence-electron chi connectivity index (χ3n) is 6.29. The average molecular weight is 448 g/mol. The molecule has 12 heteroatoms. The molecule has 3 atom stereocenters. The summed E-state index contributed by atoms with van der Waals surface area (Å²) in [5.41, 5.74) is 0.899. The number of aromatic nitrogens is 5. The molecule has 3 N–H and O–H groups in total. The van der Waals surface area contributed by atoms with E-state index in [4.69, 9.17) is 21.1 Å². The van der Waals surface area contributed by atoms with E-state index in [-0.39, 0.29) is 12.1 Å². The van der Waals surface area contributed by atoms with Gasteiger partial charge in [-0.2, -0.15) is 10.2 Å². The van der Waals surface area contributed by atoms with Crippen LogP contribution < -0.4 is 10.6 Å². The van der Waals surface area contributed by atoms with Gasteiger partial charge in [-0.25, -0.2) is 18.7 Å². The molecule has 0 aromatic carbocycles. The number of alkyl carbamates (subject to hydrolysis) is 1. The van der Waals surface area contributed by atoms with Crippen molar-refractivity contribution in [2.75, 3.05) is 11.9 Å². The van der Waals surface area contributed by atoms with E-state index in [0.29, 0.717) is 27.9 Å². The summed E-state index contributed by atoms with van der Waals surface area (Å²) in [6.07, 6.45) is 3.74. The van der Waals surface area contributed by atoms with Crippen molar-refractivity contribution in [1.29, 1.82) is 0 Å². The predicted molar refractivity (Wildman–Crippen MR) is 107 cm³/mol. The number of alkyl halides is 1. The molecule has 1 aliphatic heterocycles. The van der Waals surface area contributed by atoms with Crippen molar-refractivity contribution in [1.82, 2.24) is 30.1 Å². The van der Waals surface area contributed by atoms with Gasteiger partial charge in [-0.1, -0.05) is 11.6 Å². The lowest BCUT2D eigenvalue weighted by atomic mass is 9.50. The fourth-order valence-electron chi connectivity index (χ4n) is 4.62. The molecule has 2 bridgehead atoms. The number of nitrogens with zero attached hydrogens (tertiary/aromatic N) is 4. The molecule has 7 rings (SSSR count). The van der Waals surface area contributed by atoms with Gasteiger partial charge < -0.3 is 20.1 Å². The molecule has 10 nitrogen and oxygen atoms in total. The molecule has 1 amide bonds. The van der Waals surface area contributed by atoms with E-state index in [1.807, 2.05) is 0 Å². The largest absolute Gasteiger partial charge is 0.441 e. The number of carbonyl (C=O) groups is 1. The van der Waals surface area contributed by atoms with Crippen LogP contribution in [-0.4, -0.2) is 55.3 Å². The van der Waals surface area contributed by atoms with Crippen molar-refractivity contribution in [2.45, 2.75) is 43.2 Å². The number of H-pyrrole nitrogens is 1. The molecule has 4 heterocycles. The first-order valence-electron chi connectivity index (χ1n) is 10.0. The average Bonchev–Trinajstić information content (AvgIpc) is 3.39. The van der Waals surface area contributed by atoms with Gasteiger partial charge in [0.25, 0.3) is 0 Å². The first-order chi connectivity index (χ1) is 15.0. The van der Waals surface area contributed by atoms with Crippen LogP contribution in [0.4, 0.5) is 20.8 Å². The van der Waals surface area contributed by atoms with Crippen LogP contribution in [0.3, 0.4) is 0 Å². The van der Waals surface area contributed by atoms with Gasteiger partial charge in [-0.05, 0) is 25.2 Å². The highest BCUT2D eigenvalue weighted by atomic mass is 35.5. The molecule has 162 valence electrons. The lowest BCUT2D eigenvalue weighted by molar-refractivity contribution is -0.0528. The Balaban J connectivity index is 1.12. The Morgan fingerprint density at radius 2 is 2.26 bits per heavy atom. The van der Waals surface area contributed by atoms with Gasteiger partial charge in [0.05, 0.1) is 23.5 Å². The van der Waals surface area contributed by atoms with E-state index < -0.39 is 24.5 Å². The summed E-state index contributed by atoms with van der Waals surface area (Å²) in [5.74, 6) is 1.59. The topological polar surface area (TPSA) is 118 Å². The summed E-state index contributed by atoms with van der Waals surface area (Å²) in [7, 11) is 0. The fraction of sp³-hybridized carbons (Fsp3) is 0.474. The number of halogens is 2. The van der Waals surface area contributed by atoms with Crippen LogP contribution in [0.25, 0.3) is 5.52 Å². The molecule has 4 aliphatic rings. The van der Waals surface area contributed by atoms with Crippen molar-refractivity contribution in [3.8, 4) is 0 Å². The zero-order chi connectivity index (χ0) is 21.2. The van der Waals surface area contributed by atoms with E-state index in [0.717, 1.165) is 25.2 Å². The van der Waals surface area contributed by atoms with E-state index in [1.165, 1.54) is 6.20 Å². The second-order valence-corrected chi connectivity index (χ2v) is 8.83. The summed E-state index contributed by atoms with van der Waals surface area (Å²) >= 11 is 6.18. The van der Waals surface area contributed by atoms with Crippen molar-refractivity contribution in [3.63, 3.8) is 0 Å². The Morgan fingerprint density at radius 1 is 1.42 bits per heavy atom. The standard InChI is InChI=1S/C19H19ClFN7O3/c20-10-7-23-28-2-1-22-17(15(10)28)24-13-3-11(26-27-13)16-14(21)12(8-30-16)31-18(29)25-19-4-9(5-19)6-19/h1-3,7,9,12,14,16H,4-6,8H2,(H,25,29)(H2,22,24,26,27)/t9?,12-,14-,16-,19?/m0/s1. The number of anilines is 2. The van der Waals surface area contributed by atoms with Gasteiger partial charge in [0.2, 0.25) is 0 Å². The Morgan fingerprint density at radius 3 is 3.03 bits per heavy atom. The monoisotopic (exact) mass is 447 g/mol. The lowest BCUT2D eigenvalue weighted by Gasteiger charge is -2.61. The van der Waals surface area contributed by atoms with Crippen LogP contribution in [0.15, 0.2) is 24.7 Å². The van der Waals surface area contributed by atoms with Crippen molar-refractivity contribution in [2.24, 2.45) is 5.92 Å². The van der Waals surface area contributed by atoms with Crippen molar-refractivity contribution in [3.05, 3.63) is 35.4 Å². The summed E-state index contributed by atoms with van der Waals surface area (Å²) < 4.78 is 27.4. The van der Waals surface area contributed by atoms with Gasteiger partial charge in [-0.15, -0.1) is 0 Å². The highest BCUT2D eigenvalue weighted by molar-refractivity contribution is 6.34. The van der Waals surface area contributed by atoms with Crippen LogP contribution in [0.2, 0.25) is 5.02 Å². The second-order valence-electron chi connectivity index (χ2n) is 8.42. The van der Waals surface area contributed by atoms with E-state index in [9.17, 15) is 9.18 Å². The van der Waals surface area contributed by atoms with E-state index in [1.54, 1.807) is 23.0 Å². The van der Waals surface area contributed by atoms with Crippen molar-refractivity contribution < 1.29 is 18.7 Å². The minimum Gasteiger partial charge on any atom is -0.441 e. The minimum atomic E-state index is -1.52. The first kappa shape index (κ1) is 18.8. The number of nitrogens with one attached hydrogen (secondary N) is 3. The number of hydrogen-bond donors (Lipinski definition) is 3. The maximum atomic E-state index is 15.0. The van der Waals surface area contributed by atoms with Gasteiger partial charge in [0.15, 0.2) is 23.9 Å². The first-order valence-corrected chi connectivity index (χ1v) is 10.4. The zero-order valence-electron chi connectivity index (χ0n) is 16.2. The highest BCUT2D eigenvalue weighted by Crippen LogP contribution is 2.57. The Bertz CT molecular complexity index is 1150. The summed E-state index contributed by atoms with van der Waals surface area (Å²) in [6, 6.07) is 1.62. The van der Waals surface area contributed by atoms with Gasteiger partial charge >= 0.3 is 6.09 Å². The number of amides is 1. The van der Waals surface area contributed by atoms with Gasteiger partial charge in [0.1, 0.15) is 11.6 Å². The van der Waals surface area contributed by atoms with Crippen LogP contribution >= 0.6 is 11.6 Å². The minimum absolute atomic E-state index is 0.0248. The summed E-state index contributed by atoms with van der Waals surface area (Å²) in [4.78, 5) is 16.4. The number of ether oxygens (including phenoxy) is 2. The van der Waals surface area contributed by atoms with Crippen LogP contribution in [0.5, 0.6) is 0 Å². The molecule has 3 saturated carbocycles. The third kappa shape index (κ3) is 3.10. The Labute approximate surface area is 180 Å². The Hall–Kier alpha value is -2.92. The van der Waals surface area contributed by atoms with E-state index in [2.05, 4.69) is 30.9 Å². The number of carbonyl (C=O) groups excluding carboxylic acids is 1. The fourth-order valence-corrected chi connectivity index (χ4v) is 4.84. The highest BCUT2D eigenvalue weighted by Gasteiger charge is 2.58. The van der Waals surface area contributed by atoms with Crippen LogP contribution in [0.1, 0.15) is 31.1 Å². The zero-order valence-corrected chi connectivity index (χ0v) is 17.0. The van der Waals surface area contributed by atoms with E-state index >= 15 is 0 Å². The number of rotatable bonds is 5. The number of aromatic amines is 1. The SMILES string of the molecule is O=C(NC12CC(C1)C2)O[C@H]1CO[C@@H](c2cc(Nc3nccn4ncc(Cl)c34)n[nH]2)[C@H]1F. The molecule has 3 aliphatic carbocycles. The summed E-state index contributed by atoms with van der Waals surface area (Å²) in [5, 5.41) is 17.4. The predicted octanol–water partition coefficient (Wildman–Crippen LogP) is 2.91. The Kier molecular flexibility index (Phi) is 4.12. The molecule has 1 saturated heterocycles. The second kappa shape index (κ2) is 6.79. The normalized spacial score (nSPS) is 31.2. The third-order valence-corrected chi connectivity index (χ3v) is 6.56. The van der Waals surface area contributed by atoms with Crippen molar-refractivity contribution >= 4 is 34.8 Å². The lowest BCUT2D eigenvalue weighted by Crippen LogP contribution is -2.68. The molecule has 0 spiro atoms. The smallest absolute Gasteiger partial charge is 0.408 e. The van der Waals surface area contributed by atoms with Crippen LogP contribution in [-0.2, 0) is 9.47 Å². The van der Waals surface area contributed by atoms with Crippen LogP contribution in [0, 0.1) is 5.92 Å². The molecular weight excluding hydrogens is 429 g/mol. The quantitative estimate of drug-likeness (QED) is 0.550. The molecule has 4 fully saturated rings. The molecule has 0 unspecified atom stereocenters. The molecule has 3 aromatic rings. The molecule has 0 radical (unpaired) electrons. The van der Waals surface area contributed by atoms with Gasteiger partial charge in [-0.3, -0.25) is 5.10 Å². The van der Waals surface area contributed by atoms with Gasteiger partial charge in [0, 0.05) is 24.0 Å². The number of fused-ring (bicyclic) bond motifs is 1. The number of hydrogen-bond acceptors (Lipinski definition) is 7.